The number of para-hydroxylation sites is 1. The first-order valence-corrected chi connectivity index (χ1v) is 7.81. The zero-order valence-electron chi connectivity index (χ0n) is 13.7. The van der Waals surface area contributed by atoms with Gasteiger partial charge in [-0.05, 0) is 25.1 Å². The minimum atomic E-state index is 0. The molecule has 4 nitrogen and oxygen atoms in total. The molecule has 3 heterocycles. The number of aryl methyl sites for hydroxylation is 2. The predicted molar refractivity (Wildman–Crippen MR) is 91.9 cm³/mol. The van der Waals surface area contributed by atoms with Crippen molar-refractivity contribution in [2.75, 3.05) is 0 Å². The molecule has 0 bridgehead atoms. The minimum Gasteiger partial charge on any atom is -0.438 e. The number of hydrogen-bond acceptors (Lipinski definition) is 2. The predicted octanol–water partition coefficient (Wildman–Crippen LogP) is 3.66. The quantitative estimate of drug-likeness (QED) is 0.258. The second-order valence-electron chi connectivity index (χ2n) is 5.99. The number of hydrogen-bond donors (Lipinski definition) is 0. The van der Waals surface area contributed by atoms with E-state index in [0.29, 0.717) is 5.71 Å². The largest absolute Gasteiger partial charge is 0.438 e. The van der Waals surface area contributed by atoms with Crippen molar-refractivity contribution < 1.29 is 29.1 Å². The fourth-order valence-corrected chi connectivity index (χ4v) is 3.18. The molecule has 0 aliphatic carbocycles. The van der Waals surface area contributed by atoms with E-state index < -0.39 is 0 Å². The molecule has 0 aliphatic rings. The van der Waals surface area contributed by atoms with Gasteiger partial charge in [0, 0.05) is 36.6 Å². The van der Waals surface area contributed by atoms with Crippen LogP contribution in [0.3, 0.4) is 0 Å². The smallest absolute Gasteiger partial charge is 0.242 e. The molecule has 0 amide bonds. The maximum Gasteiger partial charge on any atom is 0.242 e. The summed E-state index contributed by atoms with van der Waals surface area (Å²) in [6, 6.07) is 19.4. The summed E-state index contributed by atoms with van der Waals surface area (Å²) in [4.78, 5) is 4.50. The molecule has 2 aromatic carbocycles. The fraction of sp³-hybridized carbons (Fsp3) is 0.100. The molecule has 0 atom stereocenters. The Morgan fingerprint density at radius 3 is 2.80 bits per heavy atom. The number of benzene rings is 2. The summed E-state index contributed by atoms with van der Waals surface area (Å²) in [6.07, 6.45) is 3.34. The normalized spacial score (nSPS) is 11.3. The van der Waals surface area contributed by atoms with Gasteiger partial charge in [-0.3, -0.25) is 0 Å². The summed E-state index contributed by atoms with van der Waals surface area (Å²) in [6.45, 7) is 1.97. The molecule has 0 saturated carbocycles. The number of imidazole rings is 1. The molecule has 0 fully saturated rings. The van der Waals surface area contributed by atoms with Crippen LogP contribution in [0.5, 0.6) is 0 Å². The Morgan fingerprint density at radius 2 is 2.00 bits per heavy atom. The summed E-state index contributed by atoms with van der Waals surface area (Å²) in [5, 5.41) is 2.10. The zero-order valence-corrected chi connectivity index (χ0v) is 16.1. The van der Waals surface area contributed by atoms with Gasteiger partial charge in [0.2, 0.25) is 12.0 Å². The van der Waals surface area contributed by atoms with Gasteiger partial charge in [0.25, 0.3) is 0 Å². The maximum absolute atomic E-state index is 5.96. The Balaban J connectivity index is 0.00000157. The molecule has 0 aliphatic heterocycles. The Bertz CT molecular complexity index is 1220. The van der Waals surface area contributed by atoms with Crippen molar-refractivity contribution in [1.29, 1.82) is 0 Å². The monoisotopic (exact) mass is 505 g/mol. The van der Waals surface area contributed by atoms with Gasteiger partial charge in [0.05, 0.1) is 18.1 Å². The van der Waals surface area contributed by atoms with Crippen molar-refractivity contribution in [2.24, 2.45) is 7.05 Å². The van der Waals surface area contributed by atoms with Gasteiger partial charge in [0.15, 0.2) is 0 Å². The molecular weight excluding hydrogens is 490 g/mol. The minimum absolute atomic E-state index is 0. The van der Waals surface area contributed by atoms with E-state index in [1.165, 1.54) is 0 Å². The van der Waals surface area contributed by atoms with E-state index in [2.05, 4.69) is 35.6 Å². The fourth-order valence-electron chi connectivity index (χ4n) is 3.18. The molecule has 125 valence electrons. The van der Waals surface area contributed by atoms with E-state index in [1.807, 2.05) is 53.4 Å². The third-order valence-corrected chi connectivity index (χ3v) is 4.36. The first-order valence-electron chi connectivity index (χ1n) is 7.81. The Hall–Kier alpha value is -2.49. The molecule has 3 aromatic heterocycles. The summed E-state index contributed by atoms with van der Waals surface area (Å²) < 4.78 is 9.95. The second-order valence-corrected chi connectivity index (χ2v) is 5.99. The first kappa shape index (κ1) is 16.0. The Kier molecular flexibility index (Phi) is 3.71. The van der Waals surface area contributed by atoms with Gasteiger partial charge in [-0.15, -0.1) is 0 Å². The number of fused-ring (bicyclic) bond motifs is 4. The van der Waals surface area contributed by atoms with Crippen molar-refractivity contribution in [2.45, 2.75) is 6.92 Å². The first-order chi connectivity index (χ1) is 11.7. The number of pyridine rings is 1. The van der Waals surface area contributed by atoms with E-state index in [-0.39, 0.29) is 20.1 Å². The van der Waals surface area contributed by atoms with E-state index in [4.69, 9.17) is 4.42 Å². The number of rotatable bonds is 1. The summed E-state index contributed by atoms with van der Waals surface area (Å²) in [5.74, 6) is 0. The van der Waals surface area contributed by atoms with Crippen LogP contribution < -0.4 is 4.57 Å². The van der Waals surface area contributed by atoms with Crippen LogP contribution in [0.15, 0.2) is 52.9 Å². The van der Waals surface area contributed by atoms with Crippen LogP contribution in [0.4, 0.5) is 0 Å². The van der Waals surface area contributed by atoms with E-state index in [0.717, 1.165) is 38.8 Å². The van der Waals surface area contributed by atoms with Crippen LogP contribution in [0.2, 0.25) is 0 Å². The molecule has 25 heavy (non-hydrogen) atoms. The second kappa shape index (κ2) is 5.80. The van der Waals surface area contributed by atoms with Crippen LogP contribution >= 0.6 is 0 Å². The summed E-state index contributed by atoms with van der Waals surface area (Å²) in [5.41, 5.74) is 5.56. The molecular formula is C20H14IrN3O-. The molecule has 1 radical (unpaired) electrons. The summed E-state index contributed by atoms with van der Waals surface area (Å²) in [7, 11) is 1.98. The molecule has 0 spiro atoms. The molecule has 0 unspecified atom stereocenters. The van der Waals surface area contributed by atoms with Gasteiger partial charge in [-0.25, -0.2) is 4.98 Å². The van der Waals surface area contributed by atoms with Crippen LogP contribution in [-0.4, -0.2) is 9.55 Å². The average molecular weight is 505 g/mol. The molecule has 0 saturated heterocycles. The molecule has 5 aromatic rings. The number of furan rings is 1. The van der Waals surface area contributed by atoms with E-state index >= 15 is 0 Å². The molecule has 5 rings (SSSR count). The van der Waals surface area contributed by atoms with Gasteiger partial charge in [-0.2, -0.15) is 30.3 Å². The average Bonchev–Trinajstić information content (AvgIpc) is 3.11. The standard InChI is InChI=1S/C20H14N3O.Ir/c1-13-8-9-15-16-10-18-17(11-19(16)24-20(15)21-13)22(2)12-23(18)14-6-4-3-5-7-14;/h3-6,8-11H,1-2H3;/q-1;. The SMILES string of the molecule is Cc1ccc2c(n1)oc1cc3c(cc12)n(-c1[c-]cccc1)[c-][n+]3C.[Ir]. The third kappa shape index (κ3) is 2.39. The van der Waals surface area contributed by atoms with Crippen LogP contribution in [-0.2, 0) is 27.2 Å². The van der Waals surface area contributed by atoms with Crippen LogP contribution in [0.25, 0.3) is 38.8 Å². The van der Waals surface area contributed by atoms with Crippen molar-refractivity contribution in [1.82, 2.24) is 9.55 Å². The molecule has 0 N–H and O–H groups in total. The Labute approximate surface area is 158 Å². The van der Waals surface area contributed by atoms with Gasteiger partial charge >= 0.3 is 0 Å². The number of aromatic nitrogens is 3. The van der Waals surface area contributed by atoms with Crippen LogP contribution in [0.1, 0.15) is 5.69 Å². The van der Waals surface area contributed by atoms with Gasteiger partial charge in [-0.1, -0.05) is 11.8 Å². The van der Waals surface area contributed by atoms with Gasteiger partial charge < -0.3 is 13.6 Å². The van der Waals surface area contributed by atoms with E-state index in [9.17, 15) is 0 Å². The van der Waals surface area contributed by atoms with Crippen molar-refractivity contribution in [3.05, 3.63) is 66.6 Å². The topological polar surface area (TPSA) is 34.8 Å². The molecule has 5 heteroatoms. The van der Waals surface area contributed by atoms with Crippen molar-refractivity contribution >= 4 is 33.1 Å². The number of nitrogens with zero attached hydrogens (tertiary/aromatic N) is 3. The van der Waals surface area contributed by atoms with E-state index in [1.54, 1.807) is 0 Å². The van der Waals surface area contributed by atoms with Crippen LogP contribution in [0, 0.1) is 19.3 Å². The summed E-state index contributed by atoms with van der Waals surface area (Å²) >= 11 is 0. The third-order valence-electron chi connectivity index (χ3n) is 4.36. The van der Waals surface area contributed by atoms with Gasteiger partial charge in [0.1, 0.15) is 5.58 Å². The maximum atomic E-state index is 5.96. The van der Waals surface area contributed by atoms with Crippen molar-refractivity contribution in [3.63, 3.8) is 0 Å². The van der Waals surface area contributed by atoms with Crippen molar-refractivity contribution in [3.8, 4) is 5.69 Å². The zero-order chi connectivity index (χ0) is 16.3. The Morgan fingerprint density at radius 1 is 1.12 bits per heavy atom.